The van der Waals surface area contributed by atoms with Gasteiger partial charge < -0.3 is 15.4 Å². The molecule has 3 N–H and O–H groups in total. The van der Waals surface area contributed by atoms with Crippen LogP contribution < -0.4 is 20.7 Å². The monoisotopic (exact) mass is 516 g/mol. The van der Waals surface area contributed by atoms with Gasteiger partial charge in [0.1, 0.15) is 17.3 Å². The van der Waals surface area contributed by atoms with E-state index in [9.17, 15) is 4.79 Å². The second kappa shape index (κ2) is 10.2. The van der Waals surface area contributed by atoms with Crippen LogP contribution in [0, 0.1) is 0 Å². The fraction of sp³-hybridized carbons (Fsp3) is 0.250. The molecule has 1 aliphatic heterocycles. The Kier molecular flexibility index (Phi) is 6.86. The first kappa shape index (κ1) is 24.8. The highest BCUT2D eigenvalue weighted by Crippen LogP contribution is 2.29. The molecule has 0 fully saturated rings. The Morgan fingerprint density at radius 1 is 1.03 bits per heavy atom. The summed E-state index contributed by atoms with van der Waals surface area (Å²) in [7, 11) is 0. The number of urea groups is 1. The van der Waals surface area contributed by atoms with E-state index in [-0.39, 0.29) is 11.4 Å². The van der Waals surface area contributed by atoms with Crippen LogP contribution in [0.3, 0.4) is 0 Å². The fourth-order valence-electron chi connectivity index (χ4n) is 4.13. The lowest BCUT2D eigenvalue weighted by molar-refractivity contribution is 0.262. The summed E-state index contributed by atoms with van der Waals surface area (Å²) in [5.74, 6) is 1.65. The van der Waals surface area contributed by atoms with Crippen LogP contribution in [0.2, 0.25) is 5.02 Å². The number of fused-ring (bicyclic) bond motifs is 1. The van der Waals surface area contributed by atoms with Crippen molar-refractivity contribution in [3.8, 4) is 17.2 Å². The first-order valence-electron chi connectivity index (χ1n) is 12.1. The van der Waals surface area contributed by atoms with Crippen LogP contribution in [0.1, 0.15) is 37.6 Å². The third-order valence-electron chi connectivity index (χ3n) is 6.05. The van der Waals surface area contributed by atoms with Crippen molar-refractivity contribution in [3.63, 3.8) is 0 Å². The first-order chi connectivity index (χ1) is 17.7. The molecule has 0 unspecified atom stereocenters. The van der Waals surface area contributed by atoms with E-state index in [0.29, 0.717) is 28.0 Å². The zero-order chi connectivity index (χ0) is 26.0. The number of hydrogen-bond donors (Lipinski definition) is 3. The summed E-state index contributed by atoms with van der Waals surface area (Å²) in [5, 5.41) is 14.6. The van der Waals surface area contributed by atoms with Crippen LogP contribution in [0.5, 0.6) is 11.5 Å². The molecule has 2 amide bonds. The minimum Gasteiger partial charge on any atom is -0.456 e. The summed E-state index contributed by atoms with van der Waals surface area (Å²) in [4.78, 5) is 17.1. The lowest BCUT2D eigenvalue weighted by Gasteiger charge is -2.18. The summed E-state index contributed by atoms with van der Waals surface area (Å²) in [6.07, 6.45) is 4.07. The van der Waals surface area contributed by atoms with Gasteiger partial charge in [-0.3, -0.25) is 10.3 Å². The van der Waals surface area contributed by atoms with E-state index in [1.165, 1.54) is 17.3 Å². The third-order valence-corrected chi connectivity index (χ3v) is 6.25. The molecule has 1 aliphatic rings. The maximum Gasteiger partial charge on any atom is 0.324 e. The molecule has 0 spiro atoms. The lowest BCUT2D eigenvalue weighted by atomic mass is 9.92. The number of carbonyl (C=O) groups excluding carboxylic acids is 1. The van der Waals surface area contributed by atoms with E-state index < -0.39 is 0 Å². The molecule has 0 radical (unpaired) electrons. The molecule has 3 heterocycles. The number of aromatic nitrogens is 3. The van der Waals surface area contributed by atoms with Gasteiger partial charge in [-0.2, -0.15) is 5.10 Å². The van der Waals surface area contributed by atoms with Crippen LogP contribution in [0.4, 0.5) is 16.3 Å². The van der Waals surface area contributed by atoms with Crippen LogP contribution in [0.25, 0.3) is 5.69 Å². The van der Waals surface area contributed by atoms with Gasteiger partial charge in [0.2, 0.25) is 0 Å². The predicted molar refractivity (Wildman–Crippen MR) is 146 cm³/mol. The normalized spacial score (nSPS) is 13.1. The van der Waals surface area contributed by atoms with Crippen molar-refractivity contribution in [2.75, 3.05) is 17.2 Å². The van der Waals surface area contributed by atoms with Crippen molar-refractivity contribution in [2.24, 2.45) is 0 Å². The number of nitrogens with one attached hydrogen (secondary N) is 3. The Balaban J connectivity index is 1.36. The van der Waals surface area contributed by atoms with Gasteiger partial charge in [0.05, 0.1) is 22.6 Å². The highest BCUT2D eigenvalue weighted by Gasteiger charge is 2.22. The number of amides is 2. The maximum atomic E-state index is 13.0. The smallest absolute Gasteiger partial charge is 0.324 e. The molecule has 0 saturated carbocycles. The third kappa shape index (κ3) is 5.93. The fourth-order valence-corrected chi connectivity index (χ4v) is 4.29. The van der Waals surface area contributed by atoms with Crippen molar-refractivity contribution in [1.29, 1.82) is 0 Å². The quantitative estimate of drug-likeness (QED) is 0.289. The summed E-state index contributed by atoms with van der Waals surface area (Å²) in [6.45, 7) is 8.12. The number of hydrogen-bond acceptors (Lipinski definition) is 5. The van der Waals surface area contributed by atoms with Crippen LogP contribution >= 0.6 is 11.6 Å². The summed E-state index contributed by atoms with van der Waals surface area (Å²) in [6, 6.07) is 16.6. The number of pyridine rings is 1. The molecule has 8 nitrogen and oxygen atoms in total. The van der Waals surface area contributed by atoms with Gasteiger partial charge in [-0.05, 0) is 48.4 Å². The van der Waals surface area contributed by atoms with Gasteiger partial charge in [0, 0.05) is 42.0 Å². The predicted octanol–water partition coefficient (Wildman–Crippen LogP) is 6.30. The number of ether oxygens (including phenoxy) is 1. The van der Waals surface area contributed by atoms with Crippen LogP contribution in [-0.2, 0) is 18.4 Å². The average Bonchev–Trinajstić information content (AvgIpc) is 3.28. The lowest BCUT2D eigenvalue weighted by Crippen LogP contribution is -2.24. The van der Waals surface area contributed by atoms with Gasteiger partial charge in [0.15, 0.2) is 0 Å². The molecule has 37 heavy (non-hydrogen) atoms. The number of rotatable bonds is 5. The zero-order valence-electron chi connectivity index (χ0n) is 21.0. The van der Waals surface area contributed by atoms with Gasteiger partial charge >= 0.3 is 6.03 Å². The Morgan fingerprint density at radius 3 is 2.70 bits per heavy atom. The molecule has 0 atom stereocenters. The van der Waals surface area contributed by atoms with Gasteiger partial charge in [-0.15, -0.1) is 0 Å². The second-order valence-corrected chi connectivity index (χ2v) is 10.4. The number of anilines is 2. The molecule has 0 aliphatic carbocycles. The molecule has 9 heteroatoms. The standard InChI is InChI=1S/C28H29ClN6O2/c1-28(2,3)25-14-26(35(34-25)22-8-7-19-15-30-10-9-18(19)11-22)33-27(36)32-21-5-4-6-23(13-21)37-24-12-20(29)16-31-17-24/h4-8,11-14,16-17,30H,9-10,15H2,1-3H3,(H2,32,33,36). The van der Waals surface area contributed by atoms with E-state index >= 15 is 0 Å². The van der Waals surface area contributed by atoms with Crippen molar-refractivity contribution in [1.82, 2.24) is 20.1 Å². The van der Waals surface area contributed by atoms with E-state index in [2.05, 4.69) is 53.8 Å². The number of halogens is 1. The Hall–Kier alpha value is -3.88. The maximum absolute atomic E-state index is 13.0. The van der Waals surface area contributed by atoms with Crippen molar-refractivity contribution < 1.29 is 9.53 Å². The molecular formula is C28H29ClN6O2. The zero-order valence-corrected chi connectivity index (χ0v) is 21.8. The molecule has 4 aromatic rings. The molecule has 0 bridgehead atoms. The minimum atomic E-state index is -0.384. The molecule has 5 rings (SSSR count). The van der Waals surface area contributed by atoms with Gasteiger partial charge in [-0.1, -0.05) is 44.5 Å². The minimum absolute atomic E-state index is 0.183. The van der Waals surface area contributed by atoms with Crippen molar-refractivity contribution in [2.45, 2.75) is 39.2 Å². The van der Waals surface area contributed by atoms with Crippen molar-refractivity contribution >= 4 is 29.1 Å². The van der Waals surface area contributed by atoms with Gasteiger partial charge in [0.25, 0.3) is 0 Å². The first-order valence-corrected chi connectivity index (χ1v) is 12.5. The molecule has 190 valence electrons. The van der Waals surface area contributed by atoms with Crippen LogP contribution in [0.15, 0.2) is 67.0 Å². The number of carbonyl (C=O) groups is 1. The topological polar surface area (TPSA) is 93.1 Å². The molecular weight excluding hydrogens is 488 g/mol. The number of benzene rings is 2. The average molecular weight is 517 g/mol. The van der Waals surface area contributed by atoms with E-state index in [0.717, 1.165) is 30.9 Å². The van der Waals surface area contributed by atoms with Crippen LogP contribution in [-0.4, -0.2) is 27.3 Å². The Morgan fingerprint density at radius 2 is 1.89 bits per heavy atom. The summed E-state index contributed by atoms with van der Waals surface area (Å²) < 4.78 is 7.63. The number of nitrogens with zero attached hydrogens (tertiary/aromatic N) is 3. The Labute approximate surface area is 221 Å². The molecule has 2 aromatic carbocycles. The van der Waals surface area contributed by atoms with E-state index in [4.69, 9.17) is 21.4 Å². The summed E-state index contributed by atoms with van der Waals surface area (Å²) >= 11 is 5.99. The van der Waals surface area contributed by atoms with Crippen molar-refractivity contribution in [3.05, 3.63) is 88.8 Å². The van der Waals surface area contributed by atoms with E-state index in [1.807, 2.05) is 12.1 Å². The highest BCUT2D eigenvalue weighted by molar-refractivity contribution is 6.30. The highest BCUT2D eigenvalue weighted by atomic mass is 35.5. The SMILES string of the molecule is CC(C)(C)c1cc(NC(=O)Nc2cccc(Oc3cncc(Cl)c3)c2)n(-c2ccc3c(c2)CCNC3)n1. The van der Waals surface area contributed by atoms with Gasteiger partial charge in [-0.25, -0.2) is 9.48 Å². The second-order valence-electron chi connectivity index (χ2n) is 10.0. The molecule has 0 saturated heterocycles. The Bertz CT molecular complexity index is 1440. The summed E-state index contributed by atoms with van der Waals surface area (Å²) in [5.41, 5.74) is 4.78. The largest absolute Gasteiger partial charge is 0.456 e. The molecule has 2 aromatic heterocycles. The van der Waals surface area contributed by atoms with E-state index in [1.54, 1.807) is 41.2 Å².